The third-order valence-corrected chi connectivity index (χ3v) is 4.82. The second-order valence-electron chi connectivity index (χ2n) is 6.63. The number of ether oxygens (including phenoxy) is 1. The highest BCUT2D eigenvalue weighted by atomic mass is 16.5. The van der Waals surface area contributed by atoms with Crippen LogP contribution in [0.1, 0.15) is 65.4 Å². The largest absolute Gasteiger partial charge is 0.462 e. The summed E-state index contributed by atoms with van der Waals surface area (Å²) in [4.78, 5) is 24.3. The summed E-state index contributed by atoms with van der Waals surface area (Å²) in [6, 6.07) is 7.55. The number of rotatable bonds is 5. The first-order chi connectivity index (χ1) is 12.6. The van der Waals surface area contributed by atoms with Gasteiger partial charge < -0.3 is 10.1 Å². The molecule has 0 saturated heterocycles. The van der Waals surface area contributed by atoms with Crippen molar-refractivity contribution in [2.75, 3.05) is 6.61 Å². The molecule has 3 rings (SSSR count). The molecule has 1 fully saturated rings. The lowest BCUT2D eigenvalue weighted by Crippen LogP contribution is -2.36. The second-order valence-corrected chi connectivity index (χ2v) is 6.63. The average Bonchev–Trinajstić information content (AvgIpc) is 3.04. The number of nitrogens with one attached hydrogen (secondary N) is 1. The van der Waals surface area contributed by atoms with Crippen LogP contribution in [0.25, 0.3) is 5.69 Å². The summed E-state index contributed by atoms with van der Waals surface area (Å²) in [5.74, 6) is -0.410. The van der Waals surface area contributed by atoms with Gasteiger partial charge in [-0.1, -0.05) is 19.3 Å². The van der Waals surface area contributed by atoms with Gasteiger partial charge in [0.2, 0.25) is 0 Å². The number of esters is 1. The fraction of sp³-hybridized carbons (Fsp3) is 0.450. The monoisotopic (exact) mass is 355 g/mol. The minimum atomic E-state index is -0.375. The van der Waals surface area contributed by atoms with Gasteiger partial charge >= 0.3 is 5.97 Å². The van der Waals surface area contributed by atoms with Crippen LogP contribution in [0, 0.1) is 6.92 Å². The van der Waals surface area contributed by atoms with Crippen LogP contribution in [-0.2, 0) is 4.74 Å². The summed E-state index contributed by atoms with van der Waals surface area (Å²) in [6.07, 6.45) is 7.27. The SMILES string of the molecule is CCOC(=O)c1cnn(-c2ccc(C(=O)NC3CCCCC3)cc2)c1C. The van der Waals surface area contributed by atoms with Crippen molar-refractivity contribution in [1.82, 2.24) is 15.1 Å². The van der Waals surface area contributed by atoms with E-state index in [0.29, 0.717) is 23.4 Å². The van der Waals surface area contributed by atoms with E-state index < -0.39 is 0 Å². The van der Waals surface area contributed by atoms with Gasteiger partial charge in [-0.15, -0.1) is 0 Å². The van der Waals surface area contributed by atoms with Gasteiger partial charge in [-0.25, -0.2) is 9.48 Å². The van der Waals surface area contributed by atoms with Gasteiger partial charge in [-0.05, 0) is 51.0 Å². The number of aromatic nitrogens is 2. The van der Waals surface area contributed by atoms with Gasteiger partial charge in [0.25, 0.3) is 5.91 Å². The quantitative estimate of drug-likeness (QED) is 0.834. The molecule has 1 amide bonds. The van der Waals surface area contributed by atoms with E-state index in [1.807, 2.05) is 19.1 Å². The van der Waals surface area contributed by atoms with Gasteiger partial charge in [0.1, 0.15) is 5.56 Å². The van der Waals surface area contributed by atoms with E-state index in [0.717, 1.165) is 18.5 Å². The van der Waals surface area contributed by atoms with Crippen LogP contribution >= 0.6 is 0 Å². The molecular weight excluding hydrogens is 330 g/mol. The van der Waals surface area contributed by atoms with E-state index in [9.17, 15) is 9.59 Å². The van der Waals surface area contributed by atoms with Crippen LogP contribution in [0.2, 0.25) is 0 Å². The third kappa shape index (κ3) is 3.95. The Morgan fingerprint density at radius 2 is 1.88 bits per heavy atom. The lowest BCUT2D eigenvalue weighted by Gasteiger charge is -2.22. The van der Waals surface area contributed by atoms with Crippen molar-refractivity contribution in [1.29, 1.82) is 0 Å². The molecule has 0 spiro atoms. The lowest BCUT2D eigenvalue weighted by atomic mass is 9.95. The first-order valence-corrected chi connectivity index (χ1v) is 9.23. The zero-order chi connectivity index (χ0) is 18.5. The van der Waals surface area contributed by atoms with E-state index >= 15 is 0 Å². The fourth-order valence-corrected chi connectivity index (χ4v) is 3.35. The van der Waals surface area contributed by atoms with Crippen LogP contribution < -0.4 is 5.32 Å². The van der Waals surface area contributed by atoms with E-state index in [2.05, 4.69) is 10.4 Å². The number of amides is 1. The van der Waals surface area contributed by atoms with Crippen LogP contribution in [0.15, 0.2) is 30.5 Å². The summed E-state index contributed by atoms with van der Waals surface area (Å²) in [5, 5.41) is 7.39. The Bertz CT molecular complexity index is 774. The number of benzene rings is 1. The summed E-state index contributed by atoms with van der Waals surface area (Å²) >= 11 is 0. The van der Waals surface area contributed by atoms with Crippen molar-refractivity contribution in [3.05, 3.63) is 47.3 Å². The summed E-state index contributed by atoms with van der Waals surface area (Å²) in [6.45, 7) is 3.92. The maximum Gasteiger partial charge on any atom is 0.341 e. The first kappa shape index (κ1) is 18.2. The van der Waals surface area contributed by atoms with Gasteiger partial charge in [0.05, 0.1) is 24.2 Å². The van der Waals surface area contributed by atoms with Gasteiger partial charge in [0.15, 0.2) is 0 Å². The Morgan fingerprint density at radius 1 is 1.19 bits per heavy atom. The molecule has 0 radical (unpaired) electrons. The van der Waals surface area contributed by atoms with Crippen molar-refractivity contribution in [3.8, 4) is 5.69 Å². The molecule has 2 aromatic rings. The van der Waals surface area contributed by atoms with Crippen LogP contribution in [0.4, 0.5) is 0 Å². The predicted molar refractivity (Wildman–Crippen MR) is 98.6 cm³/mol. The molecule has 1 aromatic carbocycles. The summed E-state index contributed by atoms with van der Waals surface area (Å²) in [5.41, 5.74) is 2.59. The Kier molecular flexibility index (Phi) is 5.71. The Labute approximate surface area is 153 Å². The molecule has 1 aliphatic rings. The average molecular weight is 355 g/mol. The molecule has 138 valence electrons. The molecule has 1 saturated carbocycles. The van der Waals surface area contributed by atoms with Crippen LogP contribution in [0.3, 0.4) is 0 Å². The molecule has 1 heterocycles. The highest BCUT2D eigenvalue weighted by Gasteiger charge is 2.18. The standard InChI is InChI=1S/C20H25N3O3/c1-3-26-20(25)18-13-21-23(14(18)2)17-11-9-15(10-12-17)19(24)22-16-7-5-4-6-8-16/h9-13,16H,3-8H2,1-2H3,(H,22,24). The molecule has 0 atom stereocenters. The Hall–Kier alpha value is -2.63. The van der Waals surface area contributed by atoms with Crippen molar-refractivity contribution in [2.24, 2.45) is 0 Å². The normalized spacial score (nSPS) is 14.8. The fourth-order valence-electron chi connectivity index (χ4n) is 3.35. The molecule has 6 heteroatoms. The topological polar surface area (TPSA) is 73.2 Å². The van der Waals surface area contributed by atoms with Crippen LogP contribution in [0.5, 0.6) is 0 Å². The van der Waals surface area contributed by atoms with Gasteiger partial charge in [0, 0.05) is 11.6 Å². The van der Waals surface area contributed by atoms with Crippen molar-refractivity contribution >= 4 is 11.9 Å². The number of hydrogen-bond acceptors (Lipinski definition) is 4. The smallest absolute Gasteiger partial charge is 0.341 e. The number of nitrogens with zero attached hydrogens (tertiary/aromatic N) is 2. The van der Waals surface area contributed by atoms with E-state index in [1.165, 1.54) is 25.5 Å². The van der Waals surface area contributed by atoms with E-state index in [-0.39, 0.29) is 17.9 Å². The van der Waals surface area contributed by atoms with E-state index in [1.54, 1.807) is 23.7 Å². The lowest BCUT2D eigenvalue weighted by molar-refractivity contribution is 0.0525. The molecule has 1 aliphatic carbocycles. The van der Waals surface area contributed by atoms with Gasteiger partial charge in [-0.2, -0.15) is 5.10 Å². The molecule has 26 heavy (non-hydrogen) atoms. The van der Waals surface area contributed by atoms with Crippen molar-refractivity contribution < 1.29 is 14.3 Å². The molecule has 6 nitrogen and oxygen atoms in total. The number of hydrogen-bond donors (Lipinski definition) is 1. The minimum Gasteiger partial charge on any atom is -0.462 e. The van der Waals surface area contributed by atoms with Gasteiger partial charge in [-0.3, -0.25) is 4.79 Å². The molecule has 0 unspecified atom stereocenters. The minimum absolute atomic E-state index is 0.0344. The molecule has 1 aromatic heterocycles. The summed E-state index contributed by atoms with van der Waals surface area (Å²) in [7, 11) is 0. The zero-order valence-corrected chi connectivity index (χ0v) is 15.3. The zero-order valence-electron chi connectivity index (χ0n) is 15.3. The molecule has 0 bridgehead atoms. The molecule has 1 N–H and O–H groups in total. The van der Waals surface area contributed by atoms with Crippen LogP contribution in [-0.4, -0.2) is 34.3 Å². The summed E-state index contributed by atoms with van der Waals surface area (Å²) < 4.78 is 6.71. The van der Waals surface area contributed by atoms with E-state index in [4.69, 9.17) is 4.74 Å². The maximum absolute atomic E-state index is 12.4. The number of carbonyl (C=O) groups excluding carboxylic acids is 2. The highest BCUT2D eigenvalue weighted by molar-refractivity contribution is 5.94. The highest BCUT2D eigenvalue weighted by Crippen LogP contribution is 2.19. The second kappa shape index (κ2) is 8.17. The first-order valence-electron chi connectivity index (χ1n) is 9.23. The third-order valence-electron chi connectivity index (χ3n) is 4.82. The predicted octanol–water partition coefficient (Wildman–Crippen LogP) is 3.42. The molecule has 0 aliphatic heterocycles. The molecular formula is C20H25N3O3. The number of carbonyl (C=O) groups is 2. The Balaban J connectivity index is 1.71. The van der Waals surface area contributed by atoms with Crippen molar-refractivity contribution in [3.63, 3.8) is 0 Å². The van der Waals surface area contributed by atoms with Crippen molar-refractivity contribution in [2.45, 2.75) is 52.0 Å². The maximum atomic E-state index is 12.4. The Morgan fingerprint density at radius 3 is 2.54 bits per heavy atom.